The van der Waals surface area contributed by atoms with E-state index in [-0.39, 0.29) is 17.9 Å². The molecule has 3 aromatic rings. The molecule has 8 heteroatoms. The zero-order valence-corrected chi connectivity index (χ0v) is 17.6. The molecule has 0 N–H and O–H groups in total. The van der Waals surface area contributed by atoms with Gasteiger partial charge in [-0.05, 0) is 30.5 Å². The van der Waals surface area contributed by atoms with Gasteiger partial charge in [-0.15, -0.1) is 17.9 Å². The maximum absolute atomic E-state index is 13.2. The summed E-state index contributed by atoms with van der Waals surface area (Å²) in [5, 5.41) is 11.4. The first-order valence-corrected chi connectivity index (χ1v) is 10.8. The predicted molar refractivity (Wildman–Crippen MR) is 118 cm³/mol. The molecule has 1 atom stereocenters. The molecular weight excluding hydrogens is 404 g/mol. The van der Waals surface area contributed by atoms with Gasteiger partial charge in [0, 0.05) is 18.8 Å². The van der Waals surface area contributed by atoms with Gasteiger partial charge in [0.15, 0.2) is 5.16 Å². The molecular formula is C21H20N4O2S2. The number of fused-ring (bicyclic) bond motifs is 1. The normalized spacial score (nSPS) is 11.7. The van der Waals surface area contributed by atoms with Gasteiger partial charge in [0.2, 0.25) is 5.91 Å². The molecule has 6 nitrogen and oxygen atoms in total. The first-order valence-electron chi connectivity index (χ1n) is 9.05. The van der Waals surface area contributed by atoms with Crippen LogP contribution in [-0.4, -0.2) is 27.3 Å². The number of amides is 1. The Balaban J connectivity index is 1.91. The Bertz CT molecular complexity index is 1120. The quantitative estimate of drug-likeness (QED) is 0.309. The highest BCUT2D eigenvalue weighted by atomic mass is 32.2. The molecule has 3 rings (SSSR count). The Hall–Kier alpha value is -2.89. The molecule has 0 fully saturated rings. The van der Waals surface area contributed by atoms with E-state index in [2.05, 4.69) is 17.6 Å². The highest BCUT2D eigenvalue weighted by Crippen LogP contribution is 2.27. The van der Waals surface area contributed by atoms with E-state index >= 15 is 0 Å². The van der Waals surface area contributed by atoms with Crippen LogP contribution in [0, 0.1) is 11.3 Å². The van der Waals surface area contributed by atoms with Gasteiger partial charge < -0.3 is 4.90 Å². The Morgan fingerprint density at radius 1 is 1.41 bits per heavy atom. The Morgan fingerprint density at radius 2 is 2.17 bits per heavy atom. The molecule has 2 heterocycles. The van der Waals surface area contributed by atoms with E-state index in [4.69, 9.17) is 5.26 Å². The number of allylic oxidation sites excluding steroid dienone is 1. The third kappa shape index (κ3) is 4.58. The number of nitriles is 1. The van der Waals surface area contributed by atoms with E-state index in [1.165, 1.54) is 23.1 Å². The van der Waals surface area contributed by atoms with Gasteiger partial charge in [0.1, 0.15) is 4.83 Å². The topological polar surface area (TPSA) is 79.0 Å². The second-order valence-electron chi connectivity index (χ2n) is 6.23. The Morgan fingerprint density at radius 3 is 2.86 bits per heavy atom. The average molecular weight is 425 g/mol. The van der Waals surface area contributed by atoms with Crippen LogP contribution in [0.15, 0.2) is 64.4 Å². The monoisotopic (exact) mass is 424 g/mol. The van der Waals surface area contributed by atoms with Gasteiger partial charge >= 0.3 is 0 Å². The molecule has 148 valence electrons. The van der Waals surface area contributed by atoms with Gasteiger partial charge in [0.25, 0.3) is 5.56 Å². The van der Waals surface area contributed by atoms with Crippen molar-refractivity contribution < 1.29 is 4.79 Å². The van der Waals surface area contributed by atoms with Crippen molar-refractivity contribution in [3.63, 3.8) is 0 Å². The molecule has 0 saturated heterocycles. The lowest BCUT2D eigenvalue weighted by Crippen LogP contribution is -2.37. The van der Waals surface area contributed by atoms with E-state index in [0.29, 0.717) is 28.5 Å². The zero-order chi connectivity index (χ0) is 20.8. The smallest absolute Gasteiger partial charge is 0.263 e. The standard InChI is InChI=1S/C21H20N4O2S2/c1-3-12-25-20(27)17-10-14-28-18(17)23-21(25)29-15(2)19(26)24(13-7-11-22)16-8-5-4-6-9-16/h3-6,8-10,14-15H,1,7,12-13H2,2H3/t15-/m0/s1. The van der Waals surface area contributed by atoms with Crippen molar-refractivity contribution in [2.75, 3.05) is 11.4 Å². The maximum atomic E-state index is 13.2. The fourth-order valence-electron chi connectivity index (χ4n) is 2.87. The number of anilines is 1. The first-order chi connectivity index (χ1) is 14.1. The molecule has 0 aliphatic carbocycles. The first kappa shape index (κ1) is 20.8. The van der Waals surface area contributed by atoms with Gasteiger partial charge in [-0.25, -0.2) is 4.98 Å². The third-order valence-corrected chi connectivity index (χ3v) is 6.16. The maximum Gasteiger partial charge on any atom is 0.263 e. The van der Waals surface area contributed by atoms with Crippen molar-refractivity contribution in [3.05, 3.63) is 64.8 Å². The van der Waals surface area contributed by atoms with E-state index in [0.717, 1.165) is 5.69 Å². The van der Waals surface area contributed by atoms with Crippen LogP contribution in [0.2, 0.25) is 0 Å². The number of para-hydroxylation sites is 1. The van der Waals surface area contributed by atoms with Crippen LogP contribution in [0.3, 0.4) is 0 Å². The summed E-state index contributed by atoms with van der Waals surface area (Å²) in [6.07, 6.45) is 1.87. The van der Waals surface area contributed by atoms with Crippen molar-refractivity contribution in [1.82, 2.24) is 9.55 Å². The number of benzene rings is 1. The van der Waals surface area contributed by atoms with Crippen molar-refractivity contribution in [3.8, 4) is 6.07 Å². The zero-order valence-electron chi connectivity index (χ0n) is 15.9. The number of thioether (sulfide) groups is 1. The van der Waals surface area contributed by atoms with Crippen LogP contribution in [0.5, 0.6) is 0 Å². The second-order valence-corrected chi connectivity index (χ2v) is 8.43. The van der Waals surface area contributed by atoms with Crippen LogP contribution in [0.4, 0.5) is 5.69 Å². The van der Waals surface area contributed by atoms with E-state index in [1.807, 2.05) is 35.7 Å². The third-order valence-electron chi connectivity index (χ3n) is 4.27. The molecule has 2 aromatic heterocycles. The van der Waals surface area contributed by atoms with Crippen molar-refractivity contribution in [2.24, 2.45) is 0 Å². The Kier molecular flexibility index (Phi) is 6.86. The molecule has 0 aliphatic rings. The number of carbonyl (C=O) groups is 1. The summed E-state index contributed by atoms with van der Waals surface area (Å²) in [7, 11) is 0. The summed E-state index contributed by atoms with van der Waals surface area (Å²) in [6, 6.07) is 13.1. The minimum Gasteiger partial charge on any atom is -0.310 e. The lowest BCUT2D eigenvalue weighted by molar-refractivity contribution is -0.117. The minimum absolute atomic E-state index is 0.136. The lowest BCUT2D eigenvalue weighted by atomic mass is 10.2. The summed E-state index contributed by atoms with van der Waals surface area (Å²) in [6.45, 7) is 6.14. The minimum atomic E-state index is -0.491. The van der Waals surface area contributed by atoms with Gasteiger partial charge in [-0.3, -0.25) is 14.2 Å². The summed E-state index contributed by atoms with van der Waals surface area (Å²) < 4.78 is 1.54. The number of nitrogens with zero attached hydrogens (tertiary/aromatic N) is 4. The van der Waals surface area contributed by atoms with E-state index < -0.39 is 5.25 Å². The van der Waals surface area contributed by atoms with E-state index in [9.17, 15) is 9.59 Å². The molecule has 0 unspecified atom stereocenters. The number of hydrogen-bond acceptors (Lipinski definition) is 6. The number of thiophene rings is 1. The fraction of sp³-hybridized carbons (Fsp3) is 0.238. The summed E-state index contributed by atoms with van der Waals surface area (Å²) in [4.78, 5) is 32.8. The molecule has 0 saturated carbocycles. The van der Waals surface area contributed by atoms with E-state index in [1.54, 1.807) is 28.5 Å². The summed E-state index contributed by atoms with van der Waals surface area (Å²) >= 11 is 2.64. The molecule has 1 aromatic carbocycles. The molecule has 0 radical (unpaired) electrons. The SMILES string of the molecule is C=CCn1c(S[C@@H](C)C(=O)N(CCC#N)c2ccccc2)nc2sccc2c1=O. The summed E-state index contributed by atoms with van der Waals surface area (Å²) in [5.41, 5.74) is 0.605. The highest BCUT2D eigenvalue weighted by molar-refractivity contribution is 8.00. The number of rotatable bonds is 8. The Labute approximate surface area is 177 Å². The molecule has 1 amide bonds. The van der Waals surface area contributed by atoms with Gasteiger partial charge in [-0.1, -0.05) is 36.0 Å². The molecule has 0 aliphatic heterocycles. The van der Waals surface area contributed by atoms with Crippen LogP contribution < -0.4 is 10.5 Å². The van der Waals surface area contributed by atoms with Gasteiger partial charge in [-0.2, -0.15) is 5.26 Å². The van der Waals surface area contributed by atoms with Crippen molar-refractivity contribution >= 4 is 44.9 Å². The lowest BCUT2D eigenvalue weighted by Gasteiger charge is -2.25. The highest BCUT2D eigenvalue weighted by Gasteiger charge is 2.25. The largest absolute Gasteiger partial charge is 0.310 e. The van der Waals surface area contributed by atoms with Crippen LogP contribution >= 0.6 is 23.1 Å². The summed E-state index contributed by atoms with van der Waals surface area (Å²) in [5.74, 6) is -0.137. The number of aromatic nitrogens is 2. The molecule has 0 spiro atoms. The number of carbonyl (C=O) groups excluding carboxylic acids is 1. The van der Waals surface area contributed by atoms with Crippen LogP contribution in [0.1, 0.15) is 13.3 Å². The van der Waals surface area contributed by atoms with Crippen LogP contribution in [0.25, 0.3) is 10.2 Å². The van der Waals surface area contributed by atoms with Crippen LogP contribution in [-0.2, 0) is 11.3 Å². The molecule has 29 heavy (non-hydrogen) atoms. The van der Waals surface area contributed by atoms with Crippen molar-refractivity contribution in [1.29, 1.82) is 5.26 Å². The second kappa shape index (κ2) is 9.54. The molecule has 0 bridgehead atoms. The predicted octanol–water partition coefficient (Wildman–Crippen LogP) is 4.07. The average Bonchev–Trinajstić information content (AvgIpc) is 3.20. The van der Waals surface area contributed by atoms with Gasteiger partial charge in [0.05, 0.1) is 23.1 Å². The number of hydrogen-bond donors (Lipinski definition) is 0. The van der Waals surface area contributed by atoms with Crippen molar-refractivity contribution in [2.45, 2.75) is 30.3 Å². The fourth-order valence-corrected chi connectivity index (χ4v) is 4.66.